The van der Waals surface area contributed by atoms with Crippen LogP contribution >= 0.6 is 0 Å². The van der Waals surface area contributed by atoms with Gasteiger partial charge in [0.05, 0.1) is 0 Å². The number of alkyl halides is 3. The second-order valence-corrected chi connectivity index (χ2v) is 4.63. The molecule has 0 amide bonds. The van der Waals surface area contributed by atoms with Gasteiger partial charge in [-0.05, 0) is 18.8 Å². The molecule has 1 fully saturated rings. The minimum atomic E-state index is -4.35. The Morgan fingerprint density at radius 2 is 1.94 bits per heavy atom. The van der Waals surface area contributed by atoms with Crippen molar-refractivity contribution in [1.29, 1.82) is 0 Å². The molecule has 0 aliphatic heterocycles. The molecule has 1 aliphatic rings. The molecule has 100 valence electrons. The van der Waals surface area contributed by atoms with Gasteiger partial charge in [0.1, 0.15) is 13.2 Å². The van der Waals surface area contributed by atoms with E-state index in [9.17, 15) is 18.0 Å². The van der Waals surface area contributed by atoms with Gasteiger partial charge in [-0.3, -0.25) is 4.79 Å². The van der Waals surface area contributed by atoms with Crippen LogP contribution in [0.25, 0.3) is 0 Å². The van der Waals surface area contributed by atoms with E-state index >= 15 is 0 Å². The molecule has 5 heteroatoms. The van der Waals surface area contributed by atoms with Crippen molar-refractivity contribution in [3.8, 4) is 0 Å². The zero-order valence-electron chi connectivity index (χ0n) is 10.1. The standard InChI is InChI=1S/C12H19F3O2/c1-2-9-5-3-4-6-10(9)11(16)7-17-8-12(13,14)15/h9-10H,2-8H2,1H3. The largest absolute Gasteiger partial charge is 0.411 e. The maximum atomic E-state index is 11.9. The van der Waals surface area contributed by atoms with Gasteiger partial charge in [0.2, 0.25) is 0 Å². The van der Waals surface area contributed by atoms with Crippen LogP contribution in [0.2, 0.25) is 0 Å². The van der Waals surface area contributed by atoms with Crippen LogP contribution in [0.3, 0.4) is 0 Å². The minimum Gasteiger partial charge on any atom is -0.364 e. The number of ketones is 1. The number of hydrogen-bond acceptors (Lipinski definition) is 2. The second-order valence-electron chi connectivity index (χ2n) is 4.63. The number of carbonyl (C=O) groups is 1. The Balaban J connectivity index is 2.35. The molecule has 1 aliphatic carbocycles. The van der Waals surface area contributed by atoms with E-state index in [0.29, 0.717) is 5.92 Å². The Kier molecular flexibility index (Phi) is 5.43. The Labute approximate surface area is 99.5 Å². The van der Waals surface area contributed by atoms with E-state index < -0.39 is 19.4 Å². The lowest BCUT2D eigenvalue weighted by molar-refractivity contribution is -0.176. The maximum absolute atomic E-state index is 11.9. The first-order valence-electron chi connectivity index (χ1n) is 6.11. The molecule has 0 saturated heterocycles. The quantitative estimate of drug-likeness (QED) is 0.750. The smallest absolute Gasteiger partial charge is 0.364 e. The molecule has 0 radical (unpaired) electrons. The fraction of sp³-hybridized carbons (Fsp3) is 0.917. The van der Waals surface area contributed by atoms with Crippen molar-refractivity contribution in [1.82, 2.24) is 0 Å². The van der Waals surface area contributed by atoms with Crippen molar-refractivity contribution in [2.75, 3.05) is 13.2 Å². The SMILES string of the molecule is CCC1CCCCC1C(=O)COCC(F)(F)F. The highest BCUT2D eigenvalue weighted by atomic mass is 19.4. The summed E-state index contributed by atoms with van der Waals surface area (Å²) in [6.45, 7) is 0.287. The van der Waals surface area contributed by atoms with Gasteiger partial charge < -0.3 is 4.74 Å². The van der Waals surface area contributed by atoms with Gasteiger partial charge in [-0.2, -0.15) is 13.2 Å². The molecule has 0 bridgehead atoms. The molecule has 1 saturated carbocycles. The van der Waals surface area contributed by atoms with Crippen molar-refractivity contribution in [3.05, 3.63) is 0 Å². The van der Waals surface area contributed by atoms with Crippen molar-refractivity contribution >= 4 is 5.78 Å². The first kappa shape index (κ1) is 14.5. The molecule has 2 atom stereocenters. The normalized spacial score (nSPS) is 25.9. The number of hydrogen-bond donors (Lipinski definition) is 0. The number of Topliss-reactive ketones (excluding diaryl/α,β-unsaturated/α-hetero) is 1. The summed E-state index contributed by atoms with van der Waals surface area (Å²) in [5.74, 6) is 0.0634. The van der Waals surface area contributed by atoms with E-state index in [1.807, 2.05) is 6.92 Å². The van der Waals surface area contributed by atoms with Crippen molar-refractivity contribution in [3.63, 3.8) is 0 Å². The third kappa shape index (κ3) is 5.06. The van der Waals surface area contributed by atoms with Crippen LogP contribution in [0, 0.1) is 11.8 Å². The number of halogens is 3. The summed E-state index contributed by atoms with van der Waals surface area (Å²) in [4.78, 5) is 11.8. The average molecular weight is 252 g/mol. The number of rotatable bonds is 5. The third-order valence-electron chi connectivity index (χ3n) is 3.36. The van der Waals surface area contributed by atoms with Gasteiger partial charge in [-0.1, -0.05) is 26.2 Å². The lowest BCUT2D eigenvalue weighted by Gasteiger charge is -2.29. The van der Waals surface area contributed by atoms with Crippen LogP contribution in [0.4, 0.5) is 13.2 Å². The molecule has 1 rings (SSSR count). The summed E-state index contributed by atoms with van der Waals surface area (Å²) >= 11 is 0. The highest BCUT2D eigenvalue weighted by Crippen LogP contribution is 2.32. The van der Waals surface area contributed by atoms with Crippen molar-refractivity contribution < 1.29 is 22.7 Å². The summed E-state index contributed by atoms with van der Waals surface area (Å²) in [5.41, 5.74) is 0. The lowest BCUT2D eigenvalue weighted by Crippen LogP contribution is -2.31. The predicted octanol–water partition coefficient (Wildman–Crippen LogP) is 3.35. The molecule has 2 unspecified atom stereocenters. The zero-order chi connectivity index (χ0) is 12.9. The molecule has 0 aromatic heterocycles. The number of carbonyl (C=O) groups excluding carboxylic acids is 1. The van der Waals surface area contributed by atoms with Gasteiger partial charge >= 0.3 is 6.18 Å². The fourth-order valence-corrected chi connectivity index (χ4v) is 2.49. The summed E-state index contributed by atoms with van der Waals surface area (Å²) in [6, 6.07) is 0. The van der Waals surface area contributed by atoms with Crippen LogP contribution in [0.5, 0.6) is 0 Å². The van der Waals surface area contributed by atoms with Gasteiger partial charge in [0.25, 0.3) is 0 Å². The van der Waals surface area contributed by atoms with Crippen LogP contribution < -0.4 is 0 Å². The Morgan fingerprint density at radius 1 is 1.29 bits per heavy atom. The van der Waals surface area contributed by atoms with Crippen molar-refractivity contribution in [2.45, 2.75) is 45.2 Å². The van der Waals surface area contributed by atoms with E-state index in [4.69, 9.17) is 0 Å². The van der Waals surface area contributed by atoms with E-state index in [-0.39, 0.29) is 11.7 Å². The first-order valence-corrected chi connectivity index (χ1v) is 6.11. The summed E-state index contributed by atoms with van der Waals surface area (Å²) < 4.78 is 40.0. The lowest BCUT2D eigenvalue weighted by atomic mass is 9.76. The fourth-order valence-electron chi connectivity index (χ4n) is 2.49. The van der Waals surface area contributed by atoms with E-state index in [1.54, 1.807) is 0 Å². The van der Waals surface area contributed by atoms with Crippen molar-refractivity contribution in [2.24, 2.45) is 11.8 Å². The Bertz CT molecular complexity index is 251. The zero-order valence-corrected chi connectivity index (χ0v) is 10.1. The summed E-state index contributed by atoms with van der Waals surface area (Å²) in [7, 11) is 0. The molecule has 2 nitrogen and oxygen atoms in total. The molecular weight excluding hydrogens is 233 g/mol. The Hall–Kier alpha value is -0.580. The molecule has 0 spiro atoms. The monoisotopic (exact) mass is 252 g/mol. The maximum Gasteiger partial charge on any atom is 0.411 e. The minimum absolute atomic E-state index is 0.0954. The molecule has 17 heavy (non-hydrogen) atoms. The van der Waals surface area contributed by atoms with E-state index in [2.05, 4.69) is 4.74 Å². The van der Waals surface area contributed by atoms with Gasteiger partial charge in [-0.25, -0.2) is 0 Å². The summed E-state index contributed by atoms with van der Waals surface area (Å²) in [6.07, 6.45) is 0.476. The molecule has 0 aromatic carbocycles. The van der Waals surface area contributed by atoms with Crippen LogP contribution in [0.15, 0.2) is 0 Å². The van der Waals surface area contributed by atoms with E-state index in [1.165, 1.54) is 0 Å². The van der Waals surface area contributed by atoms with Gasteiger partial charge in [0.15, 0.2) is 5.78 Å². The third-order valence-corrected chi connectivity index (χ3v) is 3.36. The average Bonchev–Trinajstić information content (AvgIpc) is 2.27. The molecule has 0 N–H and O–H groups in total. The molecular formula is C12H19F3O2. The number of ether oxygens (including phenoxy) is 1. The predicted molar refractivity (Wildman–Crippen MR) is 57.6 cm³/mol. The van der Waals surface area contributed by atoms with Gasteiger partial charge in [0, 0.05) is 5.92 Å². The summed E-state index contributed by atoms with van der Waals surface area (Å²) in [5, 5.41) is 0. The first-order chi connectivity index (χ1) is 7.94. The highest BCUT2D eigenvalue weighted by Gasteiger charge is 2.31. The van der Waals surface area contributed by atoms with Crippen LogP contribution in [-0.2, 0) is 9.53 Å². The van der Waals surface area contributed by atoms with E-state index in [0.717, 1.165) is 32.1 Å². The topological polar surface area (TPSA) is 26.3 Å². The van der Waals surface area contributed by atoms with Gasteiger partial charge in [-0.15, -0.1) is 0 Å². The van der Waals surface area contributed by atoms with Crippen LogP contribution in [0.1, 0.15) is 39.0 Å². The highest BCUT2D eigenvalue weighted by molar-refractivity contribution is 5.82. The Morgan fingerprint density at radius 3 is 2.53 bits per heavy atom. The second kappa shape index (κ2) is 6.38. The molecule has 0 aromatic rings. The molecule has 0 heterocycles. The van der Waals surface area contributed by atoms with Crippen LogP contribution in [-0.4, -0.2) is 25.2 Å².